The number of carbonyl (C=O) groups excluding carboxylic acids is 2. The first-order valence-corrected chi connectivity index (χ1v) is 18.0. The first kappa shape index (κ1) is 38.1. The Morgan fingerprint density at radius 3 is 0.744 bits per heavy atom. The molecule has 0 aliphatic rings. The average molecular weight is 550 g/mol. The third kappa shape index (κ3) is 27.1. The summed E-state index contributed by atoms with van der Waals surface area (Å²) in [5.41, 5.74) is 0. The highest BCUT2D eigenvalue weighted by molar-refractivity contribution is 5.95. The van der Waals surface area contributed by atoms with E-state index in [0.29, 0.717) is 19.4 Å². The van der Waals surface area contributed by atoms with Gasteiger partial charge in [-0.25, -0.2) is 0 Å². The SMILES string of the molecule is CCCCCCCCCCCCCCCCCC(=O)N(CC)C(=O)CCCCCCCCCCCCCCC. The zero-order chi connectivity index (χ0) is 28.7. The van der Waals surface area contributed by atoms with E-state index in [4.69, 9.17) is 0 Å². The topological polar surface area (TPSA) is 37.4 Å². The van der Waals surface area contributed by atoms with Crippen molar-refractivity contribution >= 4 is 11.8 Å². The van der Waals surface area contributed by atoms with E-state index in [1.165, 1.54) is 159 Å². The molecule has 39 heavy (non-hydrogen) atoms. The molecule has 0 unspecified atom stereocenters. The van der Waals surface area contributed by atoms with Gasteiger partial charge in [-0.2, -0.15) is 0 Å². The Balaban J connectivity index is 3.55. The lowest BCUT2D eigenvalue weighted by Gasteiger charge is -2.19. The maximum absolute atomic E-state index is 12.6. The summed E-state index contributed by atoms with van der Waals surface area (Å²) >= 11 is 0. The van der Waals surface area contributed by atoms with Gasteiger partial charge in [0.1, 0.15) is 0 Å². The number of carbonyl (C=O) groups is 2. The molecule has 232 valence electrons. The first-order valence-electron chi connectivity index (χ1n) is 18.0. The number of nitrogens with zero attached hydrogens (tertiary/aromatic N) is 1. The third-order valence-electron chi connectivity index (χ3n) is 8.41. The molecule has 3 heteroatoms. The smallest absolute Gasteiger partial charge is 0.229 e. The molecular formula is C36H71NO2. The minimum atomic E-state index is 0.0477. The second-order valence-electron chi connectivity index (χ2n) is 12.2. The van der Waals surface area contributed by atoms with Crippen LogP contribution in [0, 0.1) is 0 Å². The van der Waals surface area contributed by atoms with Crippen LogP contribution in [0.4, 0.5) is 0 Å². The van der Waals surface area contributed by atoms with Crippen LogP contribution in [0.15, 0.2) is 0 Å². The Kier molecular flexibility index (Phi) is 31.0. The van der Waals surface area contributed by atoms with Gasteiger partial charge in [0.15, 0.2) is 0 Å². The summed E-state index contributed by atoms with van der Waals surface area (Å²) in [5, 5.41) is 0. The molecule has 2 amide bonds. The fourth-order valence-electron chi connectivity index (χ4n) is 5.70. The molecule has 0 aromatic carbocycles. The molecule has 0 aromatic heterocycles. The van der Waals surface area contributed by atoms with Crippen molar-refractivity contribution in [3.63, 3.8) is 0 Å². The van der Waals surface area contributed by atoms with Crippen molar-refractivity contribution in [3.8, 4) is 0 Å². The number of amides is 2. The zero-order valence-corrected chi connectivity index (χ0v) is 27.2. The van der Waals surface area contributed by atoms with Crippen LogP contribution in [0.3, 0.4) is 0 Å². The standard InChI is InChI=1S/C36H71NO2/c1-4-7-9-11-13-15-17-19-20-22-24-26-28-30-32-34-36(39)37(6-3)35(38)33-31-29-27-25-23-21-18-16-14-12-10-8-5-2/h4-34H2,1-3H3. The van der Waals surface area contributed by atoms with Crippen molar-refractivity contribution in [1.82, 2.24) is 4.90 Å². The monoisotopic (exact) mass is 550 g/mol. The second-order valence-corrected chi connectivity index (χ2v) is 12.2. The second kappa shape index (κ2) is 31.7. The van der Waals surface area contributed by atoms with E-state index in [-0.39, 0.29) is 11.8 Å². The van der Waals surface area contributed by atoms with Crippen LogP contribution in [0.1, 0.15) is 213 Å². The summed E-state index contributed by atoms with van der Waals surface area (Å²) in [4.78, 5) is 26.7. The highest BCUT2D eigenvalue weighted by Gasteiger charge is 2.18. The van der Waals surface area contributed by atoms with Crippen LogP contribution < -0.4 is 0 Å². The molecular weight excluding hydrogens is 478 g/mol. The van der Waals surface area contributed by atoms with Gasteiger partial charge in [-0.05, 0) is 19.8 Å². The molecule has 0 bridgehead atoms. The van der Waals surface area contributed by atoms with Crippen molar-refractivity contribution in [2.24, 2.45) is 0 Å². The molecule has 0 aromatic rings. The molecule has 0 N–H and O–H groups in total. The number of hydrogen-bond donors (Lipinski definition) is 0. The van der Waals surface area contributed by atoms with Crippen LogP contribution in [-0.4, -0.2) is 23.3 Å². The third-order valence-corrected chi connectivity index (χ3v) is 8.41. The van der Waals surface area contributed by atoms with Crippen LogP contribution in [0.5, 0.6) is 0 Å². The quantitative estimate of drug-likeness (QED) is 0.0806. The predicted molar refractivity (Wildman–Crippen MR) is 172 cm³/mol. The van der Waals surface area contributed by atoms with E-state index >= 15 is 0 Å². The molecule has 0 atom stereocenters. The van der Waals surface area contributed by atoms with E-state index in [1.54, 1.807) is 0 Å². The number of imide groups is 1. The molecule has 0 radical (unpaired) electrons. The Bertz CT molecular complexity index is 518. The van der Waals surface area contributed by atoms with E-state index in [1.807, 2.05) is 6.92 Å². The Labute approximate surface area is 246 Å². The molecule has 0 fully saturated rings. The summed E-state index contributed by atoms with van der Waals surface area (Å²) < 4.78 is 0. The summed E-state index contributed by atoms with van der Waals surface area (Å²) in [5.74, 6) is 0.0958. The summed E-state index contributed by atoms with van der Waals surface area (Å²) in [6.45, 7) is 7.02. The molecule has 0 saturated heterocycles. The fraction of sp³-hybridized carbons (Fsp3) is 0.944. The predicted octanol–water partition coefficient (Wildman–Crippen LogP) is 12.1. The highest BCUT2D eigenvalue weighted by Crippen LogP contribution is 2.16. The van der Waals surface area contributed by atoms with Crippen molar-refractivity contribution < 1.29 is 9.59 Å². The molecule has 0 rings (SSSR count). The van der Waals surface area contributed by atoms with E-state index < -0.39 is 0 Å². The van der Waals surface area contributed by atoms with Gasteiger partial charge >= 0.3 is 0 Å². The van der Waals surface area contributed by atoms with Gasteiger partial charge in [-0.1, -0.05) is 181 Å². The van der Waals surface area contributed by atoms with E-state index in [0.717, 1.165) is 25.7 Å². The lowest BCUT2D eigenvalue weighted by Crippen LogP contribution is -2.36. The molecule has 0 aliphatic heterocycles. The van der Waals surface area contributed by atoms with Crippen LogP contribution >= 0.6 is 0 Å². The van der Waals surface area contributed by atoms with Crippen molar-refractivity contribution in [3.05, 3.63) is 0 Å². The minimum absolute atomic E-state index is 0.0477. The number of unbranched alkanes of at least 4 members (excludes halogenated alkanes) is 26. The van der Waals surface area contributed by atoms with Gasteiger partial charge in [0.25, 0.3) is 0 Å². The Hall–Kier alpha value is -0.860. The molecule has 0 heterocycles. The van der Waals surface area contributed by atoms with Gasteiger partial charge in [0, 0.05) is 19.4 Å². The van der Waals surface area contributed by atoms with Crippen LogP contribution in [0.25, 0.3) is 0 Å². The number of hydrogen-bond acceptors (Lipinski definition) is 2. The van der Waals surface area contributed by atoms with Gasteiger partial charge in [-0.3, -0.25) is 14.5 Å². The van der Waals surface area contributed by atoms with Gasteiger partial charge in [0.05, 0.1) is 0 Å². The summed E-state index contributed by atoms with van der Waals surface area (Å²) in [6, 6.07) is 0. The largest absolute Gasteiger partial charge is 0.283 e. The normalized spacial score (nSPS) is 11.3. The lowest BCUT2D eigenvalue weighted by atomic mass is 10.0. The molecule has 0 spiro atoms. The van der Waals surface area contributed by atoms with Gasteiger partial charge in [0.2, 0.25) is 11.8 Å². The van der Waals surface area contributed by atoms with Crippen molar-refractivity contribution in [2.45, 2.75) is 213 Å². The van der Waals surface area contributed by atoms with Crippen LogP contribution in [0.2, 0.25) is 0 Å². The lowest BCUT2D eigenvalue weighted by molar-refractivity contribution is -0.144. The maximum atomic E-state index is 12.6. The average Bonchev–Trinajstić information content (AvgIpc) is 2.93. The molecule has 0 aliphatic carbocycles. The summed E-state index contributed by atoms with van der Waals surface area (Å²) in [6.07, 6.45) is 38.0. The highest BCUT2D eigenvalue weighted by atomic mass is 16.2. The van der Waals surface area contributed by atoms with E-state index in [2.05, 4.69) is 13.8 Å². The van der Waals surface area contributed by atoms with Crippen molar-refractivity contribution in [1.29, 1.82) is 0 Å². The Morgan fingerprint density at radius 2 is 0.538 bits per heavy atom. The maximum Gasteiger partial charge on any atom is 0.229 e. The first-order chi connectivity index (χ1) is 19.2. The van der Waals surface area contributed by atoms with Gasteiger partial charge in [-0.15, -0.1) is 0 Å². The van der Waals surface area contributed by atoms with E-state index in [9.17, 15) is 9.59 Å². The minimum Gasteiger partial charge on any atom is -0.283 e. The fourth-order valence-corrected chi connectivity index (χ4v) is 5.70. The molecule has 0 saturated carbocycles. The van der Waals surface area contributed by atoms with Crippen molar-refractivity contribution in [2.75, 3.05) is 6.54 Å². The van der Waals surface area contributed by atoms with Crippen LogP contribution in [-0.2, 0) is 9.59 Å². The van der Waals surface area contributed by atoms with Gasteiger partial charge < -0.3 is 0 Å². The summed E-state index contributed by atoms with van der Waals surface area (Å²) in [7, 11) is 0. The number of rotatable bonds is 31. The zero-order valence-electron chi connectivity index (χ0n) is 27.2. The Morgan fingerprint density at radius 1 is 0.333 bits per heavy atom. The molecule has 3 nitrogen and oxygen atoms in total.